The van der Waals surface area contributed by atoms with Crippen molar-refractivity contribution in [2.24, 2.45) is 5.92 Å². The number of hydrogen-bond donors (Lipinski definition) is 1. The summed E-state index contributed by atoms with van der Waals surface area (Å²) >= 11 is 0. The number of hydrogen-bond acceptors (Lipinski definition) is 4. The van der Waals surface area contributed by atoms with Gasteiger partial charge in [-0.15, -0.1) is 0 Å². The van der Waals surface area contributed by atoms with Crippen molar-refractivity contribution in [2.75, 3.05) is 23.7 Å². The molecule has 0 fully saturated rings. The number of amides is 2. The molecular weight excluding hydrogens is 457 g/mol. The Morgan fingerprint density at radius 1 is 1.03 bits per heavy atom. The van der Waals surface area contributed by atoms with Gasteiger partial charge in [-0.2, -0.15) is 0 Å². The van der Waals surface area contributed by atoms with Crippen LogP contribution in [0.3, 0.4) is 0 Å². The number of nitrogens with zero attached hydrogens (tertiary/aromatic N) is 2. The van der Waals surface area contributed by atoms with Crippen molar-refractivity contribution in [2.45, 2.75) is 46.7 Å². The van der Waals surface area contributed by atoms with Gasteiger partial charge >= 0.3 is 0 Å². The molecule has 2 aromatic rings. The molecular formula is C25H34FN3O4S. The van der Waals surface area contributed by atoms with Crippen LogP contribution < -0.4 is 9.62 Å². The van der Waals surface area contributed by atoms with Crippen LogP contribution in [-0.4, -0.2) is 50.5 Å². The predicted molar refractivity (Wildman–Crippen MR) is 132 cm³/mol. The zero-order chi connectivity index (χ0) is 25.5. The molecule has 34 heavy (non-hydrogen) atoms. The Kier molecular flexibility index (Phi) is 9.61. The molecule has 186 valence electrons. The smallest absolute Gasteiger partial charge is 0.244 e. The van der Waals surface area contributed by atoms with Gasteiger partial charge in [0.25, 0.3) is 0 Å². The fraction of sp³-hybridized carbons (Fsp3) is 0.440. The van der Waals surface area contributed by atoms with E-state index in [1.165, 1.54) is 29.2 Å². The van der Waals surface area contributed by atoms with Crippen LogP contribution in [0.1, 0.15) is 38.8 Å². The predicted octanol–water partition coefficient (Wildman–Crippen LogP) is 3.34. The minimum Gasteiger partial charge on any atom is -0.354 e. The zero-order valence-electron chi connectivity index (χ0n) is 20.4. The number of carbonyl (C=O) groups excluding carboxylic acids is 2. The van der Waals surface area contributed by atoms with Gasteiger partial charge in [-0.25, -0.2) is 12.8 Å². The summed E-state index contributed by atoms with van der Waals surface area (Å²) in [5.41, 5.74) is 1.84. The molecule has 0 radical (unpaired) electrons. The lowest BCUT2D eigenvalue weighted by molar-refractivity contribution is -0.139. The summed E-state index contributed by atoms with van der Waals surface area (Å²) < 4.78 is 39.8. The van der Waals surface area contributed by atoms with E-state index in [0.29, 0.717) is 24.2 Å². The van der Waals surface area contributed by atoms with E-state index in [2.05, 4.69) is 5.32 Å². The molecule has 0 spiro atoms. The van der Waals surface area contributed by atoms with Crippen molar-refractivity contribution in [3.8, 4) is 0 Å². The molecule has 0 saturated carbocycles. The SMILES string of the molecule is CCc1ccccc1N(CC(=O)N(Cc1ccc(F)cc1)[C@@H](C)C(=O)NCC(C)C)S(C)(=O)=O. The largest absolute Gasteiger partial charge is 0.354 e. The second-order valence-electron chi connectivity index (χ2n) is 8.71. The lowest BCUT2D eigenvalue weighted by Gasteiger charge is -2.32. The first-order chi connectivity index (χ1) is 15.9. The third-order valence-corrected chi connectivity index (χ3v) is 6.56. The molecule has 0 unspecified atom stereocenters. The number of anilines is 1. The summed E-state index contributed by atoms with van der Waals surface area (Å²) in [5, 5.41) is 2.82. The van der Waals surface area contributed by atoms with Crippen LogP contribution >= 0.6 is 0 Å². The number of sulfonamides is 1. The van der Waals surface area contributed by atoms with Crippen LogP contribution in [0.5, 0.6) is 0 Å². The Morgan fingerprint density at radius 2 is 1.65 bits per heavy atom. The lowest BCUT2D eigenvalue weighted by atomic mass is 10.1. The average molecular weight is 492 g/mol. The number of benzene rings is 2. The van der Waals surface area contributed by atoms with E-state index in [1.807, 2.05) is 32.9 Å². The van der Waals surface area contributed by atoms with Crippen LogP contribution in [0, 0.1) is 11.7 Å². The van der Waals surface area contributed by atoms with Crippen molar-refractivity contribution >= 4 is 27.5 Å². The lowest BCUT2D eigenvalue weighted by Crippen LogP contribution is -2.51. The summed E-state index contributed by atoms with van der Waals surface area (Å²) in [4.78, 5) is 27.6. The molecule has 0 aliphatic carbocycles. The first kappa shape index (κ1) is 27.3. The van der Waals surface area contributed by atoms with Crippen LogP contribution in [0.2, 0.25) is 0 Å². The summed E-state index contributed by atoms with van der Waals surface area (Å²) in [6.07, 6.45) is 1.64. The number of rotatable bonds is 11. The van der Waals surface area contributed by atoms with Crippen molar-refractivity contribution in [3.63, 3.8) is 0 Å². The maximum absolute atomic E-state index is 13.5. The van der Waals surface area contributed by atoms with E-state index in [4.69, 9.17) is 0 Å². The molecule has 7 nitrogen and oxygen atoms in total. The van der Waals surface area contributed by atoms with E-state index in [1.54, 1.807) is 19.1 Å². The molecule has 2 aromatic carbocycles. The highest BCUT2D eigenvalue weighted by Gasteiger charge is 2.30. The van der Waals surface area contributed by atoms with Crippen LogP contribution in [0.25, 0.3) is 0 Å². The minimum atomic E-state index is -3.79. The fourth-order valence-electron chi connectivity index (χ4n) is 3.47. The summed E-state index contributed by atoms with van der Waals surface area (Å²) in [7, 11) is -3.79. The van der Waals surface area contributed by atoms with Gasteiger partial charge in [-0.3, -0.25) is 13.9 Å². The van der Waals surface area contributed by atoms with Gasteiger partial charge in [0, 0.05) is 13.1 Å². The summed E-state index contributed by atoms with van der Waals surface area (Å²) in [6.45, 7) is 7.44. The van der Waals surface area contributed by atoms with Crippen LogP contribution in [0.4, 0.5) is 10.1 Å². The molecule has 9 heteroatoms. The number of halogens is 1. The van der Waals surface area contributed by atoms with Crippen LogP contribution in [-0.2, 0) is 32.6 Å². The van der Waals surface area contributed by atoms with Gasteiger partial charge in [0.2, 0.25) is 21.8 Å². The van der Waals surface area contributed by atoms with Gasteiger partial charge in [0.15, 0.2) is 0 Å². The van der Waals surface area contributed by atoms with E-state index < -0.39 is 34.3 Å². The van der Waals surface area contributed by atoms with E-state index in [-0.39, 0.29) is 18.4 Å². The Labute approximate surface area is 202 Å². The van der Waals surface area contributed by atoms with E-state index in [9.17, 15) is 22.4 Å². The van der Waals surface area contributed by atoms with Gasteiger partial charge in [-0.05, 0) is 48.6 Å². The summed E-state index contributed by atoms with van der Waals surface area (Å²) in [5.74, 6) is -1.07. The molecule has 0 aliphatic rings. The number of carbonyl (C=O) groups is 2. The highest BCUT2D eigenvalue weighted by atomic mass is 32.2. The van der Waals surface area contributed by atoms with Crippen molar-refractivity contribution in [1.29, 1.82) is 0 Å². The Morgan fingerprint density at radius 3 is 2.21 bits per heavy atom. The Hall–Kier alpha value is -2.94. The Bertz CT molecular complexity index is 1090. The molecule has 1 N–H and O–H groups in total. The quantitative estimate of drug-likeness (QED) is 0.522. The second-order valence-corrected chi connectivity index (χ2v) is 10.6. The fourth-order valence-corrected chi connectivity index (χ4v) is 4.35. The molecule has 1 atom stereocenters. The third kappa shape index (κ3) is 7.55. The topological polar surface area (TPSA) is 86.8 Å². The molecule has 0 heterocycles. The molecule has 0 aliphatic heterocycles. The normalized spacial score (nSPS) is 12.3. The van der Waals surface area contributed by atoms with Crippen molar-refractivity contribution in [1.82, 2.24) is 10.2 Å². The number of para-hydroxylation sites is 1. The molecule has 2 rings (SSSR count). The maximum atomic E-state index is 13.5. The second kappa shape index (κ2) is 12.0. The number of nitrogens with one attached hydrogen (secondary N) is 1. The minimum absolute atomic E-state index is 0.0302. The molecule has 0 saturated heterocycles. The third-order valence-electron chi connectivity index (χ3n) is 5.44. The van der Waals surface area contributed by atoms with Crippen LogP contribution in [0.15, 0.2) is 48.5 Å². The van der Waals surface area contributed by atoms with Gasteiger partial charge in [0.05, 0.1) is 11.9 Å². The standard InChI is InChI=1S/C25H34FN3O4S/c1-6-21-9-7-8-10-23(21)29(34(5,32)33)17-24(30)28(16-20-11-13-22(26)14-12-20)19(4)25(31)27-15-18(2)3/h7-14,18-19H,6,15-17H2,1-5H3,(H,27,31)/t19-/m0/s1. The zero-order valence-corrected chi connectivity index (χ0v) is 21.2. The first-order valence-electron chi connectivity index (χ1n) is 11.3. The van der Waals surface area contributed by atoms with Gasteiger partial charge < -0.3 is 10.2 Å². The maximum Gasteiger partial charge on any atom is 0.244 e. The Balaban J connectivity index is 2.39. The summed E-state index contributed by atoms with van der Waals surface area (Å²) in [6, 6.07) is 11.8. The van der Waals surface area contributed by atoms with Crippen molar-refractivity contribution < 1.29 is 22.4 Å². The monoisotopic (exact) mass is 491 g/mol. The molecule has 2 amide bonds. The highest BCUT2D eigenvalue weighted by molar-refractivity contribution is 7.92. The molecule has 0 aromatic heterocycles. The van der Waals surface area contributed by atoms with E-state index in [0.717, 1.165) is 16.1 Å². The average Bonchev–Trinajstić information content (AvgIpc) is 2.79. The van der Waals surface area contributed by atoms with Crippen molar-refractivity contribution in [3.05, 3.63) is 65.5 Å². The number of aryl methyl sites for hydroxylation is 1. The highest BCUT2D eigenvalue weighted by Crippen LogP contribution is 2.24. The van der Waals surface area contributed by atoms with Gasteiger partial charge in [0.1, 0.15) is 18.4 Å². The van der Waals surface area contributed by atoms with E-state index >= 15 is 0 Å². The molecule has 0 bridgehead atoms. The first-order valence-corrected chi connectivity index (χ1v) is 13.2. The van der Waals surface area contributed by atoms with Gasteiger partial charge in [-0.1, -0.05) is 51.1 Å².